The summed E-state index contributed by atoms with van der Waals surface area (Å²) in [5.74, 6) is -1.94. The lowest BCUT2D eigenvalue weighted by molar-refractivity contribution is -0.140. The van der Waals surface area contributed by atoms with Crippen LogP contribution in [0, 0.1) is 5.82 Å². The summed E-state index contributed by atoms with van der Waals surface area (Å²) in [6.45, 7) is 0.771. The van der Waals surface area contributed by atoms with E-state index in [4.69, 9.17) is 9.47 Å². The zero-order valence-corrected chi connectivity index (χ0v) is 17.9. The number of likely N-dealkylation sites (N-methyl/N-ethyl adjacent to an activating group) is 1. The molecule has 1 heterocycles. The van der Waals surface area contributed by atoms with Gasteiger partial charge in [0.15, 0.2) is 0 Å². The number of ketones is 1. The Morgan fingerprint density at radius 3 is 2.52 bits per heavy atom. The van der Waals surface area contributed by atoms with Crippen LogP contribution in [-0.4, -0.2) is 68.0 Å². The van der Waals surface area contributed by atoms with Crippen molar-refractivity contribution in [3.63, 3.8) is 0 Å². The molecule has 1 aliphatic rings. The zero-order valence-electron chi connectivity index (χ0n) is 17.9. The third kappa shape index (κ3) is 4.39. The van der Waals surface area contributed by atoms with E-state index in [9.17, 15) is 19.1 Å². The fraction of sp³-hybridized carbons (Fsp3) is 0.304. The van der Waals surface area contributed by atoms with Gasteiger partial charge in [0.2, 0.25) is 0 Å². The highest BCUT2D eigenvalue weighted by Gasteiger charge is 2.46. The molecule has 3 rings (SSSR count). The minimum absolute atomic E-state index is 0.000931. The van der Waals surface area contributed by atoms with Crippen LogP contribution in [0.15, 0.2) is 48.0 Å². The van der Waals surface area contributed by atoms with Gasteiger partial charge in [-0.1, -0.05) is 12.1 Å². The predicted molar refractivity (Wildman–Crippen MR) is 114 cm³/mol. The van der Waals surface area contributed by atoms with Gasteiger partial charge in [0.25, 0.3) is 11.7 Å². The van der Waals surface area contributed by atoms with Crippen molar-refractivity contribution < 1.29 is 28.6 Å². The first-order chi connectivity index (χ1) is 14.8. The summed E-state index contributed by atoms with van der Waals surface area (Å²) in [6.07, 6.45) is 0. The molecule has 1 amide bonds. The summed E-state index contributed by atoms with van der Waals surface area (Å²) in [5, 5.41) is 11.1. The van der Waals surface area contributed by atoms with E-state index in [2.05, 4.69) is 0 Å². The summed E-state index contributed by atoms with van der Waals surface area (Å²) in [5.41, 5.74) is 0.469. The molecule has 31 heavy (non-hydrogen) atoms. The Hall–Kier alpha value is -3.39. The molecule has 0 bridgehead atoms. The van der Waals surface area contributed by atoms with Crippen molar-refractivity contribution in [2.24, 2.45) is 0 Å². The second-order valence-corrected chi connectivity index (χ2v) is 7.42. The molecule has 0 saturated carbocycles. The van der Waals surface area contributed by atoms with E-state index < -0.39 is 29.3 Å². The maximum absolute atomic E-state index is 13.9. The molecule has 0 unspecified atom stereocenters. The van der Waals surface area contributed by atoms with E-state index in [1.807, 2.05) is 19.0 Å². The number of nitrogens with zero attached hydrogens (tertiary/aromatic N) is 2. The molecule has 2 aromatic carbocycles. The Bertz CT molecular complexity index is 1030. The maximum Gasteiger partial charge on any atom is 0.295 e. The molecular formula is C23H25FN2O5. The fourth-order valence-corrected chi connectivity index (χ4v) is 3.59. The number of halogens is 1. The van der Waals surface area contributed by atoms with Crippen LogP contribution in [0.25, 0.3) is 5.76 Å². The molecule has 1 atom stereocenters. The summed E-state index contributed by atoms with van der Waals surface area (Å²) in [7, 11) is 6.60. The van der Waals surface area contributed by atoms with Crippen molar-refractivity contribution >= 4 is 17.4 Å². The van der Waals surface area contributed by atoms with Gasteiger partial charge in [0.05, 0.1) is 31.4 Å². The third-order valence-electron chi connectivity index (χ3n) is 5.15. The van der Waals surface area contributed by atoms with Gasteiger partial charge in [0, 0.05) is 13.1 Å². The molecule has 8 heteroatoms. The standard InChI is InChI=1S/C23H25FN2O5/c1-25(2)10-11-26-20(14-6-5-7-16(12-14)30-3)19(22(28)23(26)29)21(27)17-13-15(24)8-9-18(17)31-4/h5-9,12-13,20,27H,10-11H2,1-4H3/b21-19+/t20-/m1/s1. The third-order valence-corrected chi connectivity index (χ3v) is 5.15. The molecule has 2 aromatic rings. The van der Waals surface area contributed by atoms with Gasteiger partial charge in [-0.3, -0.25) is 9.59 Å². The van der Waals surface area contributed by atoms with Gasteiger partial charge in [0.1, 0.15) is 23.1 Å². The molecule has 7 nitrogen and oxygen atoms in total. The summed E-state index contributed by atoms with van der Waals surface area (Å²) < 4.78 is 24.5. The molecule has 164 valence electrons. The van der Waals surface area contributed by atoms with Crippen LogP contribution >= 0.6 is 0 Å². The quantitative estimate of drug-likeness (QED) is 0.415. The van der Waals surface area contributed by atoms with Gasteiger partial charge in [-0.25, -0.2) is 4.39 Å². The number of hydrogen-bond acceptors (Lipinski definition) is 6. The topological polar surface area (TPSA) is 79.3 Å². The van der Waals surface area contributed by atoms with Crippen LogP contribution in [0.1, 0.15) is 17.2 Å². The van der Waals surface area contributed by atoms with Crippen molar-refractivity contribution in [2.45, 2.75) is 6.04 Å². The first kappa shape index (κ1) is 22.3. The number of amides is 1. The Kier molecular flexibility index (Phi) is 6.60. The maximum atomic E-state index is 13.9. The van der Waals surface area contributed by atoms with Crippen LogP contribution in [0.2, 0.25) is 0 Å². The lowest BCUT2D eigenvalue weighted by Crippen LogP contribution is -2.35. The molecule has 1 aliphatic heterocycles. The number of Topliss-reactive ketones (excluding diaryl/α,β-unsaturated/α-hetero) is 1. The Labute approximate surface area is 180 Å². The average molecular weight is 428 g/mol. The number of aliphatic hydroxyl groups excluding tert-OH is 1. The number of benzene rings is 2. The van der Waals surface area contributed by atoms with Crippen molar-refractivity contribution in [1.82, 2.24) is 9.80 Å². The predicted octanol–water partition coefficient (Wildman–Crippen LogP) is 2.83. The van der Waals surface area contributed by atoms with Crippen molar-refractivity contribution in [1.29, 1.82) is 0 Å². The van der Waals surface area contributed by atoms with Crippen LogP contribution in [0.4, 0.5) is 4.39 Å². The molecule has 0 spiro atoms. The van der Waals surface area contributed by atoms with Crippen molar-refractivity contribution in [3.05, 3.63) is 65.0 Å². The largest absolute Gasteiger partial charge is 0.507 e. The summed E-state index contributed by atoms with van der Waals surface area (Å²) in [4.78, 5) is 29.2. The number of rotatable bonds is 7. The summed E-state index contributed by atoms with van der Waals surface area (Å²) >= 11 is 0. The van der Waals surface area contributed by atoms with Crippen LogP contribution in [0.3, 0.4) is 0 Å². The average Bonchev–Trinajstić information content (AvgIpc) is 3.01. The van der Waals surface area contributed by atoms with Crippen molar-refractivity contribution in [2.75, 3.05) is 41.4 Å². The van der Waals surface area contributed by atoms with Crippen LogP contribution in [0.5, 0.6) is 11.5 Å². The molecule has 1 N–H and O–H groups in total. The lowest BCUT2D eigenvalue weighted by Gasteiger charge is -2.27. The molecule has 1 fully saturated rings. The van der Waals surface area contributed by atoms with Crippen LogP contribution in [-0.2, 0) is 9.59 Å². The van der Waals surface area contributed by atoms with Gasteiger partial charge in [-0.05, 0) is 50.0 Å². The monoisotopic (exact) mass is 428 g/mol. The van der Waals surface area contributed by atoms with E-state index in [-0.39, 0.29) is 23.4 Å². The minimum Gasteiger partial charge on any atom is -0.507 e. The van der Waals surface area contributed by atoms with E-state index >= 15 is 0 Å². The molecule has 0 aliphatic carbocycles. The van der Waals surface area contributed by atoms with Crippen LogP contribution < -0.4 is 9.47 Å². The number of aliphatic hydroxyl groups is 1. The highest BCUT2D eigenvalue weighted by atomic mass is 19.1. The number of carbonyl (C=O) groups is 2. The van der Waals surface area contributed by atoms with E-state index in [0.717, 1.165) is 6.07 Å². The number of carbonyl (C=O) groups excluding carboxylic acids is 2. The Balaban J connectivity index is 2.22. The first-order valence-electron chi connectivity index (χ1n) is 9.69. The number of ether oxygens (including phenoxy) is 2. The summed E-state index contributed by atoms with van der Waals surface area (Å²) in [6, 6.07) is 9.69. The number of methoxy groups -OCH3 is 2. The second kappa shape index (κ2) is 9.18. The number of hydrogen-bond donors (Lipinski definition) is 1. The van der Waals surface area contributed by atoms with Gasteiger partial charge < -0.3 is 24.4 Å². The minimum atomic E-state index is -0.858. The normalized spacial score (nSPS) is 18.0. The highest BCUT2D eigenvalue weighted by Crippen LogP contribution is 2.41. The first-order valence-corrected chi connectivity index (χ1v) is 9.69. The highest BCUT2D eigenvalue weighted by molar-refractivity contribution is 6.46. The van der Waals surface area contributed by atoms with E-state index in [0.29, 0.717) is 17.9 Å². The fourth-order valence-electron chi connectivity index (χ4n) is 3.59. The lowest BCUT2D eigenvalue weighted by atomic mass is 9.94. The molecule has 0 radical (unpaired) electrons. The van der Waals surface area contributed by atoms with E-state index in [1.54, 1.807) is 24.3 Å². The van der Waals surface area contributed by atoms with Gasteiger partial charge in [-0.15, -0.1) is 0 Å². The molecule has 0 aromatic heterocycles. The second-order valence-electron chi connectivity index (χ2n) is 7.42. The molecular weight excluding hydrogens is 403 g/mol. The van der Waals surface area contributed by atoms with E-state index in [1.165, 1.54) is 31.3 Å². The Morgan fingerprint density at radius 1 is 1.13 bits per heavy atom. The SMILES string of the molecule is COc1cccc([C@@H]2/C(=C(\O)c3cc(F)ccc3OC)C(=O)C(=O)N2CCN(C)C)c1. The zero-order chi connectivity index (χ0) is 22.7. The number of likely N-dealkylation sites (tertiary alicyclic amines) is 1. The Morgan fingerprint density at radius 2 is 1.87 bits per heavy atom. The van der Waals surface area contributed by atoms with Gasteiger partial charge in [-0.2, -0.15) is 0 Å². The molecule has 1 saturated heterocycles. The van der Waals surface area contributed by atoms with Crippen molar-refractivity contribution in [3.8, 4) is 11.5 Å². The smallest absolute Gasteiger partial charge is 0.295 e. The van der Waals surface area contributed by atoms with Gasteiger partial charge >= 0.3 is 0 Å².